The zero-order valence-electron chi connectivity index (χ0n) is 19.5. The Bertz CT molecular complexity index is 869. The first-order valence-corrected chi connectivity index (χ1v) is 11.8. The van der Waals surface area contributed by atoms with Crippen molar-refractivity contribution >= 4 is 28.3 Å². The zero-order chi connectivity index (χ0) is 23.0. The minimum Gasteiger partial charge on any atom is -0.462 e. The van der Waals surface area contributed by atoms with Gasteiger partial charge in [0.1, 0.15) is 4.88 Å². The highest BCUT2D eigenvalue weighted by Gasteiger charge is 2.24. The molecule has 2 heterocycles. The van der Waals surface area contributed by atoms with Crippen LogP contribution < -0.4 is 4.90 Å². The summed E-state index contributed by atoms with van der Waals surface area (Å²) >= 11 is 1.22. The van der Waals surface area contributed by atoms with E-state index < -0.39 is 5.97 Å². The van der Waals surface area contributed by atoms with Crippen LogP contribution in [0.15, 0.2) is 4.52 Å². The molecule has 0 aliphatic rings. The van der Waals surface area contributed by atoms with Crippen LogP contribution in [0.4, 0.5) is 5.13 Å². The average Bonchev–Trinajstić information content (AvgIpc) is 3.32. The third-order valence-corrected chi connectivity index (χ3v) is 5.84. The number of carbonyl (C=O) groups is 2. The van der Waals surface area contributed by atoms with E-state index >= 15 is 0 Å². The number of aryl methyl sites for hydroxylation is 2. The average molecular weight is 451 g/mol. The Hall–Kier alpha value is -2.29. The van der Waals surface area contributed by atoms with Crippen LogP contribution in [0.2, 0.25) is 0 Å². The largest absolute Gasteiger partial charge is 0.462 e. The van der Waals surface area contributed by atoms with Crippen LogP contribution in [0.3, 0.4) is 0 Å². The van der Waals surface area contributed by atoms with Crippen molar-refractivity contribution in [3.8, 4) is 0 Å². The number of thiazole rings is 1. The molecular formula is C22H34N4O4S. The predicted molar refractivity (Wildman–Crippen MR) is 121 cm³/mol. The maximum Gasteiger partial charge on any atom is 0.350 e. The molecule has 0 fully saturated rings. The molecule has 9 heteroatoms. The lowest BCUT2D eigenvalue weighted by Crippen LogP contribution is -2.31. The quantitative estimate of drug-likeness (QED) is 0.356. The number of amides is 1. The first-order chi connectivity index (χ1) is 14.7. The first kappa shape index (κ1) is 25.0. The van der Waals surface area contributed by atoms with Gasteiger partial charge in [-0.3, -0.25) is 9.69 Å². The standard InChI is InChI=1S/C22H34N4O4S/c1-7-9-10-14-26(21-23-15(3)18(31-21)19(28)29-8-2)17(27)13-11-12-16-24-20(25-30-16)22(4,5)6/h7-14H2,1-6H3. The summed E-state index contributed by atoms with van der Waals surface area (Å²) in [4.78, 5) is 36.2. The molecule has 0 aromatic carbocycles. The van der Waals surface area contributed by atoms with Crippen LogP contribution in [0.5, 0.6) is 0 Å². The third-order valence-electron chi connectivity index (χ3n) is 4.68. The lowest BCUT2D eigenvalue weighted by Gasteiger charge is -2.19. The summed E-state index contributed by atoms with van der Waals surface area (Å²) in [7, 11) is 0. The van der Waals surface area contributed by atoms with Crippen LogP contribution in [-0.2, 0) is 21.4 Å². The van der Waals surface area contributed by atoms with Crippen LogP contribution in [0, 0.1) is 6.92 Å². The fourth-order valence-corrected chi connectivity index (χ4v) is 3.92. The number of aromatic nitrogens is 3. The molecule has 0 atom stereocenters. The highest BCUT2D eigenvalue weighted by molar-refractivity contribution is 7.17. The van der Waals surface area contributed by atoms with Gasteiger partial charge in [0.2, 0.25) is 11.8 Å². The Morgan fingerprint density at radius 1 is 1.13 bits per heavy atom. The number of anilines is 1. The van der Waals surface area contributed by atoms with E-state index in [1.165, 1.54) is 11.3 Å². The number of hydrogen-bond acceptors (Lipinski definition) is 8. The van der Waals surface area contributed by atoms with Gasteiger partial charge in [-0.15, -0.1) is 0 Å². The number of nitrogens with zero attached hydrogens (tertiary/aromatic N) is 4. The molecule has 2 aromatic rings. The molecule has 0 saturated heterocycles. The molecule has 0 aliphatic heterocycles. The molecule has 0 radical (unpaired) electrons. The molecule has 0 bridgehead atoms. The Morgan fingerprint density at radius 3 is 2.48 bits per heavy atom. The Balaban J connectivity index is 2.05. The number of carbonyl (C=O) groups excluding carboxylic acids is 2. The highest BCUT2D eigenvalue weighted by atomic mass is 32.1. The van der Waals surface area contributed by atoms with Gasteiger partial charge in [0.05, 0.1) is 12.3 Å². The second kappa shape index (κ2) is 11.4. The summed E-state index contributed by atoms with van der Waals surface area (Å²) < 4.78 is 10.4. The fraction of sp³-hybridized carbons (Fsp3) is 0.682. The van der Waals surface area contributed by atoms with Gasteiger partial charge in [0.25, 0.3) is 0 Å². The van der Waals surface area contributed by atoms with E-state index in [-0.39, 0.29) is 11.3 Å². The van der Waals surface area contributed by atoms with Crippen LogP contribution in [0.1, 0.15) is 93.8 Å². The van der Waals surface area contributed by atoms with Crippen LogP contribution in [0.25, 0.3) is 0 Å². The smallest absolute Gasteiger partial charge is 0.350 e. The summed E-state index contributed by atoms with van der Waals surface area (Å²) in [5.74, 6) is 0.802. The lowest BCUT2D eigenvalue weighted by atomic mass is 9.96. The normalized spacial score (nSPS) is 11.5. The molecule has 1 amide bonds. The minimum atomic E-state index is -0.393. The van der Waals surface area contributed by atoms with Crippen molar-refractivity contribution in [1.82, 2.24) is 15.1 Å². The summed E-state index contributed by atoms with van der Waals surface area (Å²) in [6, 6.07) is 0. The molecule has 8 nitrogen and oxygen atoms in total. The monoisotopic (exact) mass is 450 g/mol. The highest BCUT2D eigenvalue weighted by Crippen LogP contribution is 2.28. The van der Waals surface area contributed by atoms with E-state index in [9.17, 15) is 9.59 Å². The first-order valence-electron chi connectivity index (χ1n) is 10.9. The van der Waals surface area contributed by atoms with Crippen molar-refractivity contribution in [2.45, 2.75) is 85.5 Å². The van der Waals surface area contributed by atoms with Gasteiger partial charge in [-0.05, 0) is 26.7 Å². The molecule has 172 valence electrons. The number of ether oxygens (including phenoxy) is 1. The van der Waals surface area contributed by atoms with Gasteiger partial charge in [-0.1, -0.05) is 57.0 Å². The van der Waals surface area contributed by atoms with Crippen molar-refractivity contribution in [2.75, 3.05) is 18.1 Å². The molecule has 0 aliphatic carbocycles. The Morgan fingerprint density at radius 2 is 1.87 bits per heavy atom. The zero-order valence-corrected chi connectivity index (χ0v) is 20.3. The van der Waals surface area contributed by atoms with Crippen molar-refractivity contribution in [1.29, 1.82) is 0 Å². The number of unbranched alkanes of at least 4 members (excludes halogenated alkanes) is 2. The number of rotatable bonds is 11. The maximum atomic E-state index is 13.0. The fourth-order valence-electron chi connectivity index (χ4n) is 2.92. The molecule has 31 heavy (non-hydrogen) atoms. The van der Waals surface area contributed by atoms with Gasteiger partial charge in [-0.25, -0.2) is 9.78 Å². The lowest BCUT2D eigenvalue weighted by molar-refractivity contribution is -0.118. The van der Waals surface area contributed by atoms with Crippen molar-refractivity contribution in [2.24, 2.45) is 0 Å². The second-order valence-corrected chi connectivity index (χ2v) is 9.48. The topological polar surface area (TPSA) is 98.4 Å². The van der Waals surface area contributed by atoms with Gasteiger partial charge in [-0.2, -0.15) is 4.98 Å². The minimum absolute atomic E-state index is 0.0178. The molecule has 0 N–H and O–H groups in total. The van der Waals surface area contributed by atoms with E-state index in [1.54, 1.807) is 18.7 Å². The predicted octanol–water partition coefficient (Wildman–Crippen LogP) is 4.85. The van der Waals surface area contributed by atoms with Gasteiger partial charge in [0.15, 0.2) is 11.0 Å². The van der Waals surface area contributed by atoms with Crippen molar-refractivity contribution < 1.29 is 18.8 Å². The van der Waals surface area contributed by atoms with Crippen molar-refractivity contribution in [3.63, 3.8) is 0 Å². The second-order valence-electron chi connectivity index (χ2n) is 8.50. The van der Waals surface area contributed by atoms with E-state index in [1.807, 2.05) is 20.8 Å². The summed E-state index contributed by atoms with van der Waals surface area (Å²) in [5, 5.41) is 4.58. The van der Waals surface area contributed by atoms with Gasteiger partial charge < -0.3 is 9.26 Å². The van der Waals surface area contributed by atoms with Crippen molar-refractivity contribution in [3.05, 3.63) is 22.3 Å². The Kier molecular flexibility index (Phi) is 9.15. The summed E-state index contributed by atoms with van der Waals surface area (Å²) in [5.41, 5.74) is 0.416. The Labute approximate surface area is 188 Å². The van der Waals surface area contributed by atoms with Crippen LogP contribution >= 0.6 is 11.3 Å². The maximum absolute atomic E-state index is 13.0. The third kappa shape index (κ3) is 7.12. The number of hydrogen-bond donors (Lipinski definition) is 0. The van der Waals surface area contributed by atoms with E-state index in [0.717, 1.165) is 19.3 Å². The number of esters is 1. The molecule has 2 rings (SSSR count). The SMILES string of the molecule is CCCCCN(C(=O)CCCc1nc(C(C)(C)C)no1)c1nc(C)c(C(=O)OCC)s1. The summed E-state index contributed by atoms with van der Waals surface area (Å²) in [6.07, 6.45) is 4.45. The molecule has 0 spiro atoms. The van der Waals surface area contributed by atoms with E-state index in [2.05, 4.69) is 22.0 Å². The van der Waals surface area contributed by atoms with E-state index in [0.29, 0.717) is 59.8 Å². The van der Waals surface area contributed by atoms with Crippen LogP contribution in [-0.4, -0.2) is 40.2 Å². The van der Waals surface area contributed by atoms with E-state index in [4.69, 9.17) is 9.26 Å². The molecule has 0 saturated carbocycles. The molecular weight excluding hydrogens is 416 g/mol. The van der Waals surface area contributed by atoms with Gasteiger partial charge in [0, 0.05) is 24.8 Å². The molecule has 0 unspecified atom stereocenters. The summed E-state index contributed by atoms with van der Waals surface area (Å²) in [6.45, 7) is 12.6. The molecule has 2 aromatic heterocycles. The van der Waals surface area contributed by atoms with Gasteiger partial charge >= 0.3 is 5.97 Å².